The molecular formula is C23H30N4O4S. The number of benzene rings is 1. The Morgan fingerprint density at radius 1 is 0.969 bits per heavy atom. The van der Waals surface area contributed by atoms with Gasteiger partial charge in [-0.1, -0.05) is 30.3 Å². The SMILES string of the molecule is O=C1CSC[C@@H]2CCCN2C(=O)CNC(=O)[C@@H]2CCCN2C(=O)[C@@H](Cc2ccccc2)N1. The zero-order chi connectivity index (χ0) is 22.5. The molecule has 3 atom stereocenters. The third kappa shape index (κ3) is 5.26. The van der Waals surface area contributed by atoms with Crippen LogP contribution in [0.4, 0.5) is 0 Å². The molecule has 0 saturated carbocycles. The lowest BCUT2D eigenvalue weighted by atomic mass is 10.0. The van der Waals surface area contributed by atoms with E-state index in [1.807, 2.05) is 35.2 Å². The van der Waals surface area contributed by atoms with Crippen molar-refractivity contribution in [3.05, 3.63) is 35.9 Å². The summed E-state index contributed by atoms with van der Waals surface area (Å²) in [6.45, 7) is 1.09. The first-order valence-electron chi connectivity index (χ1n) is 11.3. The van der Waals surface area contributed by atoms with Gasteiger partial charge in [-0.2, -0.15) is 0 Å². The lowest BCUT2D eigenvalue weighted by Crippen LogP contribution is -2.55. The van der Waals surface area contributed by atoms with Gasteiger partial charge in [0.2, 0.25) is 23.6 Å². The van der Waals surface area contributed by atoms with Crippen LogP contribution in [0.15, 0.2) is 30.3 Å². The molecule has 2 N–H and O–H groups in total. The quantitative estimate of drug-likeness (QED) is 0.675. The molecule has 3 aliphatic heterocycles. The summed E-state index contributed by atoms with van der Waals surface area (Å²) in [6.07, 6.45) is 3.48. The first kappa shape index (κ1) is 22.6. The van der Waals surface area contributed by atoms with Crippen LogP contribution in [0.2, 0.25) is 0 Å². The molecule has 3 aliphatic rings. The Balaban J connectivity index is 1.55. The Bertz CT molecular complexity index is 865. The molecule has 3 fully saturated rings. The van der Waals surface area contributed by atoms with Crippen LogP contribution in [0.25, 0.3) is 0 Å². The summed E-state index contributed by atoms with van der Waals surface area (Å²) >= 11 is 1.48. The number of thioether (sulfide) groups is 1. The first-order chi connectivity index (χ1) is 15.5. The largest absolute Gasteiger partial charge is 0.345 e. The maximum atomic E-state index is 13.4. The second-order valence-electron chi connectivity index (χ2n) is 8.62. The van der Waals surface area contributed by atoms with E-state index in [0.29, 0.717) is 38.1 Å². The van der Waals surface area contributed by atoms with Gasteiger partial charge in [-0.25, -0.2) is 0 Å². The molecule has 32 heavy (non-hydrogen) atoms. The molecular weight excluding hydrogens is 428 g/mol. The van der Waals surface area contributed by atoms with Crippen molar-refractivity contribution in [3.8, 4) is 0 Å². The number of nitrogens with zero attached hydrogens (tertiary/aromatic N) is 2. The molecule has 9 heteroatoms. The smallest absolute Gasteiger partial charge is 0.246 e. The topological polar surface area (TPSA) is 98.8 Å². The van der Waals surface area contributed by atoms with E-state index in [4.69, 9.17) is 0 Å². The molecule has 0 bridgehead atoms. The third-order valence-electron chi connectivity index (χ3n) is 6.41. The number of hydrogen-bond donors (Lipinski definition) is 2. The molecule has 3 heterocycles. The highest BCUT2D eigenvalue weighted by molar-refractivity contribution is 8.00. The van der Waals surface area contributed by atoms with Crippen LogP contribution in [-0.2, 0) is 25.6 Å². The third-order valence-corrected chi connectivity index (χ3v) is 7.50. The zero-order valence-electron chi connectivity index (χ0n) is 18.1. The lowest BCUT2D eigenvalue weighted by molar-refractivity contribution is -0.141. The molecule has 3 saturated heterocycles. The average Bonchev–Trinajstić information content (AvgIpc) is 3.46. The molecule has 4 amide bonds. The molecule has 0 radical (unpaired) electrons. The highest BCUT2D eigenvalue weighted by atomic mass is 32.2. The van der Waals surface area contributed by atoms with Crippen molar-refractivity contribution in [2.24, 2.45) is 0 Å². The summed E-state index contributed by atoms with van der Waals surface area (Å²) in [5.74, 6) is 0.0612. The van der Waals surface area contributed by atoms with Gasteiger partial charge in [0.25, 0.3) is 0 Å². The predicted molar refractivity (Wildman–Crippen MR) is 122 cm³/mol. The monoisotopic (exact) mass is 458 g/mol. The van der Waals surface area contributed by atoms with Crippen LogP contribution < -0.4 is 10.6 Å². The van der Waals surface area contributed by atoms with Crippen molar-refractivity contribution < 1.29 is 19.2 Å². The van der Waals surface area contributed by atoms with Gasteiger partial charge in [0.05, 0.1) is 12.3 Å². The van der Waals surface area contributed by atoms with Gasteiger partial charge in [-0.3, -0.25) is 19.2 Å². The van der Waals surface area contributed by atoms with E-state index >= 15 is 0 Å². The van der Waals surface area contributed by atoms with Gasteiger partial charge < -0.3 is 20.4 Å². The highest BCUT2D eigenvalue weighted by Crippen LogP contribution is 2.23. The highest BCUT2D eigenvalue weighted by Gasteiger charge is 2.38. The van der Waals surface area contributed by atoms with E-state index in [0.717, 1.165) is 18.4 Å². The van der Waals surface area contributed by atoms with Crippen LogP contribution in [0, 0.1) is 0 Å². The van der Waals surface area contributed by atoms with E-state index < -0.39 is 12.1 Å². The normalized spacial score (nSPS) is 27.8. The molecule has 172 valence electrons. The minimum Gasteiger partial charge on any atom is -0.345 e. The summed E-state index contributed by atoms with van der Waals surface area (Å²) in [6, 6.07) is 8.31. The Hall–Kier alpha value is -2.55. The van der Waals surface area contributed by atoms with Crippen molar-refractivity contribution in [3.63, 3.8) is 0 Å². The van der Waals surface area contributed by atoms with Crippen molar-refractivity contribution in [1.82, 2.24) is 20.4 Å². The Morgan fingerprint density at radius 3 is 2.53 bits per heavy atom. The number of carbonyl (C=O) groups excluding carboxylic acids is 4. The Morgan fingerprint density at radius 2 is 1.72 bits per heavy atom. The molecule has 0 aromatic heterocycles. The molecule has 1 aromatic rings. The summed E-state index contributed by atoms with van der Waals surface area (Å²) in [4.78, 5) is 55.1. The second kappa shape index (κ2) is 10.4. The maximum absolute atomic E-state index is 13.4. The van der Waals surface area contributed by atoms with E-state index in [-0.39, 0.29) is 42.0 Å². The number of hydrogen-bond acceptors (Lipinski definition) is 5. The standard InChI is InChI=1S/C23H30N4O4S/c28-20-15-32-14-17-8-4-10-26(17)21(29)13-24-22(30)19-9-5-11-27(19)23(31)18(25-20)12-16-6-2-1-3-7-16/h1-3,6-7,17-19H,4-5,8-15H2,(H,24,30)(H,25,28)/t17-,18+,19-/m0/s1. The van der Waals surface area contributed by atoms with Crippen LogP contribution >= 0.6 is 11.8 Å². The fourth-order valence-corrected chi connectivity index (χ4v) is 5.80. The fraction of sp³-hybridized carbons (Fsp3) is 0.565. The van der Waals surface area contributed by atoms with E-state index in [9.17, 15) is 19.2 Å². The molecule has 4 rings (SSSR count). The Kier molecular flexibility index (Phi) is 7.34. The van der Waals surface area contributed by atoms with Crippen molar-refractivity contribution in [2.75, 3.05) is 31.1 Å². The number of amides is 4. The van der Waals surface area contributed by atoms with Gasteiger partial charge in [0.1, 0.15) is 12.1 Å². The molecule has 8 nitrogen and oxygen atoms in total. The van der Waals surface area contributed by atoms with Crippen LogP contribution in [0.5, 0.6) is 0 Å². The summed E-state index contributed by atoms with van der Waals surface area (Å²) in [5, 5.41) is 5.68. The summed E-state index contributed by atoms with van der Waals surface area (Å²) < 4.78 is 0. The fourth-order valence-electron chi connectivity index (χ4n) is 4.80. The number of fused-ring (bicyclic) bond motifs is 2. The van der Waals surface area contributed by atoms with Gasteiger partial charge in [-0.05, 0) is 31.2 Å². The van der Waals surface area contributed by atoms with Gasteiger partial charge in [0.15, 0.2) is 0 Å². The molecule has 0 aliphatic carbocycles. The van der Waals surface area contributed by atoms with Crippen molar-refractivity contribution in [1.29, 1.82) is 0 Å². The van der Waals surface area contributed by atoms with E-state index in [1.54, 1.807) is 4.90 Å². The summed E-state index contributed by atoms with van der Waals surface area (Å²) in [7, 11) is 0. The van der Waals surface area contributed by atoms with Gasteiger partial charge >= 0.3 is 0 Å². The van der Waals surface area contributed by atoms with E-state index in [1.165, 1.54) is 11.8 Å². The second-order valence-corrected chi connectivity index (χ2v) is 9.65. The Labute approximate surface area is 192 Å². The molecule has 0 unspecified atom stereocenters. The first-order valence-corrected chi connectivity index (χ1v) is 12.5. The van der Waals surface area contributed by atoms with Crippen molar-refractivity contribution in [2.45, 2.75) is 50.2 Å². The number of nitrogens with one attached hydrogen (secondary N) is 2. The molecule has 0 spiro atoms. The minimum atomic E-state index is -0.728. The van der Waals surface area contributed by atoms with Gasteiger partial charge in [-0.15, -0.1) is 11.8 Å². The minimum absolute atomic E-state index is 0.0524. The van der Waals surface area contributed by atoms with Crippen LogP contribution in [-0.4, -0.2) is 82.7 Å². The molecule has 1 aromatic carbocycles. The lowest BCUT2D eigenvalue weighted by Gasteiger charge is -2.29. The number of carbonyl (C=O) groups is 4. The van der Waals surface area contributed by atoms with Gasteiger partial charge in [0, 0.05) is 31.3 Å². The summed E-state index contributed by atoms with van der Waals surface area (Å²) in [5.41, 5.74) is 0.948. The van der Waals surface area contributed by atoms with Crippen LogP contribution in [0.3, 0.4) is 0 Å². The predicted octanol–water partition coefficient (Wildman–Crippen LogP) is 0.559. The average molecular weight is 459 g/mol. The maximum Gasteiger partial charge on any atom is 0.246 e. The zero-order valence-corrected chi connectivity index (χ0v) is 18.9. The van der Waals surface area contributed by atoms with Crippen LogP contribution in [0.1, 0.15) is 31.2 Å². The van der Waals surface area contributed by atoms with E-state index in [2.05, 4.69) is 10.6 Å². The number of rotatable bonds is 2. The van der Waals surface area contributed by atoms with Crippen molar-refractivity contribution >= 4 is 35.4 Å².